The van der Waals surface area contributed by atoms with E-state index in [2.05, 4.69) is 43.0 Å². The Kier molecular flexibility index (Phi) is 3.60. The molecule has 2 aromatic heterocycles. The highest BCUT2D eigenvalue weighted by Crippen LogP contribution is 2.22. The SMILES string of the molecule is CCc1nc2s/c(=C\c3ccc(C(C)(C)C)cc3)c(=O)n2n1. The number of fused-ring (bicyclic) bond motifs is 1. The van der Waals surface area contributed by atoms with Crippen molar-refractivity contribution in [2.45, 2.75) is 39.5 Å². The largest absolute Gasteiger partial charge is 0.291 e. The van der Waals surface area contributed by atoms with Gasteiger partial charge in [0.2, 0.25) is 4.96 Å². The molecule has 3 rings (SSSR count). The molecule has 0 spiro atoms. The molecule has 0 bridgehead atoms. The number of nitrogens with zero attached hydrogens (tertiary/aromatic N) is 3. The summed E-state index contributed by atoms with van der Waals surface area (Å²) in [5.41, 5.74) is 2.34. The highest BCUT2D eigenvalue weighted by molar-refractivity contribution is 7.15. The van der Waals surface area contributed by atoms with Crippen molar-refractivity contribution in [1.82, 2.24) is 14.6 Å². The smallest absolute Gasteiger partial charge is 0.266 e. The fourth-order valence-corrected chi connectivity index (χ4v) is 3.18. The zero-order valence-electron chi connectivity index (χ0n) is 13.3. The molecule has 22 heavy (non-hydrogen) atoms. The quantitative estimate of drug-likeness (QED) is 0.730. The topological polar surface area (TPSA) is 47.3 Å². The Balaban J connectivity index is 2.03. The van der Waals surface area contributed by atoms with E-state index in [-0.39, 0.29) is 11.0 Å². The fourth-order valence-electron chi connectivity index (χ4n) is 2.25. The lowest BCUT2D eigenvalue weighted by Gasteiger charge is -2.18. The molecular weight excluding hydrogens is 294 g/mol. The van der Waals surface area contributed by atoms with Gasteiger partial charge in [-0.25, -0.2) is 4.98 Å². The predicted molar refractivity (Wildman–Crippen MR) is 90.4 cm³/mol. The maximum Gasteiger partial charge on any atom is 0.291 e. The molecule has 1 aromatic carbocycles. The van der Waals surface area contributed by atoms with Gasteiger partial charge in [-0.15, -0.1) is 5.10 Å². The summed E-state index contributed by atoms with van der Waals surface area (Å²) in [5, 5.41) is 4.22. The van der Waals surface area contributed by atoms with Crippen molar-refractivity contribution in [3.63, 3.8) is 0 Å². The maximum atomic E-state index is 12.3. The summed E-state index contributed by atoms with van der Waals surface area (Å²) in [6, 6.07) is 8.33. The van der Waals surface area contributed by atoms with E-state index in [0.29, 0.717) is 15.3 Å². The van der Waals surface area contributed by atoms with Crippen LogP contribution in [0.3, 0.4) is 0 Å². The van der Waals surface area contributed by atoms with E-state index in [4.69, 9.17) is 0 Å². The molecule has 0 atom stereocenters. The van der Waals surface area contributed by atoms with Crippen LogP contribution in [-0.2, 0) is 11.8 Å². The van der Waals surface area contributed by atoms with Gasteiger partial charge in [0.25, 0.3) is 5.56 Å². The van der Waals surface area contributed by atoms with Gasteiger partial charge in [-0.1, -0.05) is 63.3 Å². The summed E-state index contributed by atoms with van der Waals surface area (Å²) in [4.78, 5) is 17.3. The molecule has 114 valence electrons. The van der Waals surface area contributed by atoms with Crippen molar-refractivity contribution in [2.75, 3.05) is 0 Å². The van der Waals surface area contributed by atoms with Crippen molar-refractivity contribution in [3.8, 4) is 0 Å². The Bertz CT molecular complexity index is 914. The van der Waals surface area contributed by atoms with E-state index < -0.39 is 0 Å². The summed E-state index contributed by atoms with van der Waals surface area (Å²) >= 11 is 1.39. The third kappa shape index (κ3) is 2.68. The molecule has 0 saturated carbocycles. The molecule has 0 aliphatic carbocycles. The molecule has 2 heterocycles. The maximum absolute atomic E-state index is 12.3. The van der Waals surface area contributed by atoms with E-state index in [9.17, 15) is 4.79 Å². The number of aryl methyl sites for hydroxylation is 1. The van der Waals surface area contributed by atoms with Crippen LogP contribution in [0.1, 0.15) is 44.6 Å². The van der Waals surface area contributed by atoms with Gasteiger partial charge in [-0.3, -0.25) is 4.79 Å². The molecule has 0 aliphatic rings. The van der Waals surface area contributed by atoms with Crippen molar-refractivity contribution in [2.24, 2.45) is 0 Å². The summed E-state index contributed by atoms with van der Waals surface area (Å²) in [5.74, 6) is 0.712. The number of hydrogen-bond acceptors (Lipinski definition) is 4. The third-order valence-electron chi connectivity index (χ3n) is 3.62. The summed E-state index contributed by atoms with van der Waals surface area (Å²) in [7, 11) is 0. The molecule has 4 nitrogen and oxygen atoms in total. The zero-order valence-corrected chi connectivity index (χ0v) is 14.1. The van der Waals surface area contributed by atoms with Gasteiger partial charge in [-0.2, -0.15) is 4.52 Å². The minimum absolute atomic E-state index is 0.0907. The van der Waals surface area contributed by atoms with Crippen LogP contribution in [0.25, 0.3) is 11.0 Å². The monoisotopic (exact) mass is 313 g/mol. The lowest BCUT2D eigenvalue weighted by atomic mass is 9.87. The van der Waals surface area contributed by atoms with E-state index in [1.54, 1.807) is 0 Å². The Morgan fingerprint density at radius 3 is 2.45 bits per heavy atom. The van der Waals surface area contributed by atoms with Crippen molar-refractivity contribution >= 4 is 22.4 Å². The first kappa shape index (κ1) is 14.9. The standard InChI is InChI=1S/C17H19N3OS/c1-5-14-18-16-20(19-14)15(21)13(22-16)10-11-6-8-12(9-7-11)17(2,3)4/h6-10H,5H2,1-4H3/b13-10-. The first-order valence-corrected chi connectivity index (χ1v) is 8.21. The second-order valence-electron chi connectivity index (χ2n) is 6.36. The van der Waals surface area contributed by atoms with Gasteiger partial charge in [0.05, 0.1) is 4.53 Å². The highest BCUT2D eigenvalue weighted by Gasteiger charge is 2.13. The van der Waals surface area contributed by atoms with E-state index in [0.717, 1.165) is 12.0 Å². The number of hydrogen-bond donors (Lipinski definition) is 0. The normalized spacial score (nSPS) is 13.2. The van der Waals surface area contributed by atoms with Gasteiger partial charge in [0.1, 0.15) is 0 Å². The molecule has 0 amide bonds. The average Bonchev–Trinajstić information content (AvgIpc) is 2.99. The number of benzene rings is 1. The van der Waals surface area contributed by atoms with E-state index in [1.165, 1.54) is 21.4 Å². The van der Waals surface area contributed by atoms with Crippen LogP contribution < -0.4 is 10.1 Å². The van der Waals surface area contributed by atoms with Gasteiger partial charge in [0, 0.05) is 6.42 Å². The van der Waals surface area contributed by atoms with Crippen LogP contribution in [0.4, 0.5) is 0 Å². The van der Waals surface area contributed by atoms with Crippen LogP contribution >= 0.6 is 11.3 Å². The highest BCUT2D eigenvalue weighted by atomic mass is 32.1. The summed E-state index contributed by atoms with van der Waals surface area (Å²) < 4.78 is 2.07. The Morgan fingerprint density at radius 1 is 1.23 bits per heavy atom. The van der Waals surface area contributed by atoms with E-state index in [1.807, 2.05) is 25.1 Å². The van der Waals surface area contributed by atoms with Gasteiger partial charge in [0.15, 0.2) is 5.82 Å². The first-order valence-electron chi connectivity index (χ1n) is 7.39. The first-order chi connectivity index (χ1) is 10.4. The molecule has 0 saturated heterocycles. The molecule has 0 aliphatic heterocycles. The molecule has 5 heteroatoms. The molecule has 0 radical (unpaired) electrons. The average molecular weight is 313 g/mol. The van der Waals surface area contributed by atoms with Gasteiger partial charge < -0.3 is 0 Å². The van der Waals surface area contributed by atoms with Crippen LogP contribution in [0.2, 0.25) is 0 Å². The summed E-state index contributed by atoms with van der Waals surface area (Å²) in [6.45, 7) is 8.54. The predicted octanol–water partition coefficient (Wildman–Crippen LogP) is 2.56. The minimum Gasteiger partial charge on any atom is -0.266 e. The number of rotatable bonds is 2. The lowest BCUT2D eigenvalue weighted by Crippen LogP contribution is -2.23. The Hall–Kier alpha value is -2.01. The van der Waals surface area contributed by atoms with Gasteiger partial charge in [-0.05, 0) is 22.6 Å². The number of aromatic nitrogens is 3. The molecule has 0 N–H and O–H groups in total. The third-order valence-corrected chi connectivity index (χ3v) is 4.58. The molecular formula is C17H19N3OS. The minimum atomic E-state index is -0.0907. The lowest BCUT2D eigenvalue weighted by molar-refractivity contribution is 0.590. The zero-order chi connectivity index (χ0) is 15.9. The molecule has 0 unspecified atom stereocenters. The van der Waals surface area contributed by atoms with Crippen molar-refractivity contribution < 1.29 is 0 Å². The van der Waals surface area contributed by atoms with Crippen LogP contribution in [0.5, 0.6) is 0 Å². The second-order valence-corrected chi connectivity index (χ2v) is 7.37. The van der Waals surface area contributed by atoms with Crippen molar-refractivity contribution in [3.05, 3.63) is 56.1 Å². The Morgan fingerprint density at radius 2 is 1.91 bits per heavy atom. The fraction of sp³-hybridized carbons (Fsp3) is 0.353. The van der Waals surface area contributed by atoms with Crippen LogP contribution in [0.15, 0.2) is 29.1 Å². The van der Waals surface area contributed by atoms with Crippen LogP contribution in [-0.4, -0.2) is 14.6 Å². The molecule has 0 fully saturated rings. The second kappa shape index (κ2) is 5.32. The van der Waals surface area contributed by atoms with Gasteiger partial charge >= 0.3 is 0 Å². The van der Waals surface area contributed by atoms with Crippen LogP contribution in [0, 0.1) is 0 Å². The summed E-state index contributed by atoms with van der Waals surface area (Å²) in [6.07, 6.45) is 2.64. The molecule has 3 aromatic rings. The number of thiazole rings is 1. The Labute approximate surface area is 133 Å². The van der Waals surface area contributed by atoms with Crippen molar-refractivity contribution in [1.29, 1.82) is 0 Å². The van der Waals surface area contributed by atoms with E-state index >= 15 is 0 Å².